The number of hydrogen-bond acceptors (Lipinski definition) is 4. The van der Waals surface area contributed by atoms with Gasteiger partial charge in [0.15, 0.2) is 11.5 Å². The number of urea groups is 1. The molecular weight excluding hydrogens is 322 g/mol. The summed E-state index contributed by atoms with van der Waals surface area (Å²) in [6, 6.07) is 5.50. The third kappa shape index (κ3) is 3.97. The Morgan fingerprint density at radius 3 is 2.68 bits per heavy atom. The van der Waals surface area contributed by atoms with Crippen molar-refractivity contribution in [3.05, 3.63) is 23.8 Å². The molecule has 0 unspecified atom stereocenters. The number of rotatable bonds is 4. The van der Waals surface area contributed by atoms with Crippen molar-refractivity contribution < 1.29 is 19.1 Å². The van der Waals surface area contributed by atoms with E-state index >= 15 is 0 Å². The van der Waals surface area contributed by atoms with Gasteiger partial charge in [0.1, 0.15) is 13.2 Å². The van der Waals surface area contributed by atoms with Crippen molar-refractivity contribution >= 4 is 11.9 Å². The molecule has 2 aliphatic heterocycles. The Kier molecular flexibility index (Phi) is 4.74. The fraction of sp³-hybridized carbons (Fsp3) is 0.556. The van der Waals surface area contributed by atoms with Crippen molar-refractivity contribution in [3.8, 4) is 11.5 Å². The van der Waals surface area contributed by atoms with Crippen LogP contribution in [0, 0.1) is 0 Å². The summed E-state index contributed by atoms with van der Waals surface area (Å²) in [4.78, 5) is 25.3. The molecule has 0 aromatic heterocycles. The maximum Gasteiger partial charge on any atom is 0.315 e. The third-order valence-electron chi connectivity index (χ3n) is 4.69. The molecule has 25 heavy (non-hydrogen) atoms. The zero-order chi connectivity index (χ0) is 18.0. The molecule has 0 aliphatic carbocycles. The summed E-state index contributed by atoms with van der Waals surface area (Å²) in [6.45, 7) is 6.26. The molecule has 136 valence electrons. The zero-order valence-corrected chi connectivity index (χ0v) is 14.9. The maximum absolute atomic E-state index is 12.1. The Morgan fingerprint density at radius 2 is 2.00 bits per heavy atom. The van der Waals surface area contributed by atoms with Gasteiger partial charge >= 0.3 is 6.03 Å². The molecule has 3 amide bonds. The highest BCUT2D eigenvalue weighted by Crippen LogP contribution is 2.34. The van der Waals surface area contributed by atoms with E-state index in [2.05, 4.69) is 24.5 Å². The van der Waals surface area contributed by atoms with Gasteiger partial charge in [-0.25, -0.2) is 4.79 Å². The molecule has 1 fully saturated rings. The number of likely N-dealkylation sites (tertiary alicyclic amines) is 1. The van der Waals surface area contributed by atoms with Crippen molar-refractivity contribution in [3.63, 3.8) is 0 Å². The molecule has 1 aromatic rings. The maximum atomic E-state index is 12.1. The average Bonchev–Trinajstić information content (AvgIpc) is 2.90. The number of nitrogens with zero attached hydrogens (tertiary/aromatic N) is 1. The quantitative estimate of drug-likeness (QED) is 0.859. The first-order valence-electron chi connectivity index (χ1n) is 8.53. The lowest BCUT2D eigenvalue weighted by molar-refractivity contribution is -0.126. The van der Waals surface area contributed by atoms with E-state index in [1.165, 1.54) is 0 Å². The summed E-state index contributed by atoms with van der Waals surface area (Å²) in [5.41, 5.74) is 0.794. The van der Waals surface area contributed by atoms with Crippen LogP contribution in [0.4, 0.5) is 4.79 Å². The molecule has 1 atom stereocenters. The van der Waals surface area contributed by atoms with Crippen molar-refractivity contribution in [1.82, 2.24) is 15.5 Å². The van der Waals surface area contributed by atoms with Crippen LogP contribution in [0.15, 0.2) is 18.2 Å². The highest BCUT2D eigenvalue weighted by molar-refractivity contribution is 5.81. The monoisotopic (exact) mass is 347 g/mol. The first-order chi connectivity index (χ1) is 11.8. The van der Waals surface area contributed by atoms with E-state index in [9.17, 15) is 9.59 Å². The van der Waals surface area contributed by atoms with Crippen LogP contribution in [0.25, 0.3) is 0 Å². The van der Waals surface area contributed by atoms with Gasteiger partial charge in [0, 0.05) is 32.0 Å². The number of hydrogen-bond donors (Lipinski definition) is 2. The van der Waals surface area contributed by atoms with Crippen molar-refractivity contribution in [2.24, 2.45) is 0 Å². The minimum atomic E-state index is -0.268. The van der Waals surface area contributed by atoms with Crippen LogP contribution in [0.2, 0.25) is 0 Å². The lowest BCUT2D eigenvalue weighted by atomic mass is 9.84. The standard InChI is InChI=1S/C18H25N3O4/c1-18(2,12-4-5-14-15(8-12)25-7-6-24-14)11-19-17(23)20-13-9-16(22)21(3)10-13/h4-5,8,13H,6-7,9-11H2,1-3H3,(H2,19,20,23)/t13-/m0/s1. The van der Waals surface area contributed by atoms with E-state index in [0.29, 0.717) is 32.7 Å². The molecule has 2 heterocycles. The van der Waals surface area contributed by atoms with Crippen LogP contribution in [-0.4, -0.2) is 56.2 Å². The van der Waals surface area contributed by atoms with Crippen LogP contribution in [-0.2, 0) is 10.2 Å². The molecule has 7 nitrogen and oxygen atoms in total. The summed E-state index contributed by atoms with van der Waals surface area (Å²) >= 11 is 0. The molecule has 3 rings (SSSR count). The predicted molar refractivity (Wildman–Crippen MR) is 93.0 cm³/mol. The minimum Gasteiger partial charge on any atom is -0.486 e. The molecule has 0 spiro atoms. The van der Waals surface area contributed by atoms with E-state index in [0.717, 1.165) is 17.1 Å². The highest BCUT2D eigenvalue weighted by Gasteiger charge is 2.29. The number of nitrogens with one attached hydrogen (secondary N) is 2. The summed E-state index contributed by atoms with van der Waals surface area (Å²) in [7, 11) is 1.74. The zero-order valence-electron chi connectivity index (χ0n) is 14.9. The molecule has 1 saturated heterocycles. The van der Waals surface area contributed by atoms with Crippen LogP contribution in [0.1, 0.15) is 25.8 Å². The Labute approximate surface area is 147 Å². The van der Waals surface area contributed by atoms with E-state index in [1.807, 2.05) is 18.2 Å². The smallest absolute Gasteiger partial charge is 0.315 e. The Hall–Kier alpha value is -2.44. The van der Waals surface area contributed by atoms with Gasteiger partial charge < -0.3 is 25.0 Å². The second-order valence-corrected chi connectivity index (χ2v) is 7.24. The molecule has 0 radical (unpaired) electrons. The number of amides is 3. The number of likely N-dealkylation sites (N-methyl/N-ethyl adjacent to an activating group) is 1. The summed E-state index contributed by atoms with van der Waals surface area (Å²) < 4.78 is 11.2. The Bertz CT molecular complexity index is 674. The number of benzene rings is 1. The lowest BCUT2D eigenvalue weighted by Crippen LogP contribution is -2.46. The van der Waals surface area contributed by atoms with Crippen LogP contribution < -0.4 is 20.1 Å². The van der Waals surface area contributed by atoms with Crippen LogP contribution >= 0.6 is 0 Å². The minimum absolute atomic E-state index is 0.0573. The fourth-order valence-electron chi connectivity index (χ4n) is 3.06. The molecule has 2 N–H and O–H groups in total. The van der Waals surface area contributed by atoms with Gasteiger partial charge in [0.25, 0.3) is 0 Å². The molecule has 2 aliphatic rings. The van der Waals surface area contributed by atoms with Crippen LogP contribution in [0.5, 0.6) is 11.5 Å². The number of ether oxygens (including phenoxy) is 2. The van der Waals surface area contributed by atoms with Gasteiger partial charge in [-0.05, 0) is 17.7 Å². The number of carbonyl (C=O) groups excluding carboxylic acids is 2. The van der Waals surface area contributed by atoms with Gasteiger partial charge in [-0.3, -0.25) is 4.79 Å². The molecule has 1 aromatic carbocycles. The molecule has 0 saturated carbocycles. The highest BCUT2D eigenvalue weighted by atomic mass is 16.6. The van der Waals surface area contributed by atoms with Gasteiger partial charge in [-0.2, -0.15) is 0 Å². The van der Waals surface area contributed by atoms with Crippen molar-refractivity contribution in [2.45, 2.75) is 31.7 Å². The fourth-order valence-corrected chi connectivity index (χ4v) is 3.06. The molecular formula is C18H25N3O4. The predicted octanol–water partition coefficient (Wildman–Crippen LogP) is 1.27. The molecule has 0 bridgehead atoms. The second kappa shape index (κ2) is 6.82. The average molecular weight is 347 g/mol. The van der Waals surface area contributed by atoms with E-state index in [4.69, 9.17) is 9.47 Å². The SMILES string of the molecule is CN1C[C@@H](NC(=O)NCC(C)(C)c2ccc3c(c2)OCCO3)CC1=O. The number of carbonyl (C=O) groups is 2. The van der Waals surface area contributed by atoms with Crippen LogP contribution in [0.3, 0.4) is 0 Å². The topological polar surface area (TPSA) is 79.9 Å². The van der Waals surface area contributed by atoms with Crippen molar-refractivity contribution in [1.29, 1.82) is 0 Å². The third-order valence-corrected chi connectivity index (χ3v) is 4.69. The van der Waals surface area contributed by atoms with Gasteiger partial charge in [-0.1, -0.05) is 19.9 Å². The first kappa shape index (κ1) is 17.4. The summed E-state index contributed by atoms with van der Waals surface area (Å²) in [5, 5.41) is 5.76. The van der Waals surface area contributed by atoms with E-state index in [1.54, 1.807) is 11.9 Å². The first-order valence-corrected chi connectivity index (χ1v) is 8.53. The van der Waals surface area contributed by atoms with Gasteiger partial charge in [0.2, 0.25) is 5.91 Å². The summed E-state index contributed by atoms with van der Waals surface area (Å²) in [6.07, 6.45) is 0.357. The Morgan fingerprint density at radius 1 is 1.28 bits per heavy atom. The van der Waals surface area contributed by atoms with E-state index in [-0.39, 0.29) is 23.4 Å². The van der Waals surface area contributed by atoms with Crippen molar-refractivity contribution in [2.75, 3.05) is 33.4 Å². The normalized spacial score (nSPS) is 19.7. The second-order valence-electron chi connectivity index (χ2n) is 7.24. The van der Waals surface area contributed by atoms with Gasteiger partial charge in [0.05, 0.1) is 6.04 Å². The Balaban J connectivity index is 1.56. The molecule has 7 heteroatoms. The largest absolute Gasteiger partial charge is 0.486 e. The number of fused-ring (bicyclic) bond motifs is 1. The van der Waals surface area contributed by atoms with Gasteiger partial charge in [-0.15, -0.1) is 0 Å². The van der Waals surface area contributed by atoms with E-state index < -0.39 is 0 Å². The lowest BCUT2D eigenvalue weighted by Gasteiger charge is -2.28. The summed E-state index contributed by atoms with van der Waals surface area (Å²) in [5.74, 6) is 1.56.